The normalized spacial score (nSPS) is 15.3. The van der Waals surface area contributed by atoms with E-state index in [9.17, 15) is 14.0 Å². The van der Waals surface area contributed by atoms with Gasteiger partial charge in [0.25, 0.3) is 0 Å². The molecule has 31 heavy (non-hydrogen) atoms. The zero-order valence-electron chi connectivity index (χ0n) is 17.7. The first-order valence-corrected chi connectivity index (χ1v) is 12.0. The van der Waals surface area contributed by atoms with Gasteiger partial charge in [-0.15, -0.1) is 11.8 Å². The predicted molar refractivity (Wildman–Crippen MR) is 124 cm³/mol. The summed E-state index contributed by atoms with van der Waals surface area (Å²) in [4.78, 5) is 28.4. The lowest BCUT2D eigenvalue weighted by Crippen LogP contribution is -2.50. The fraction of sp³-hybridized carbons (Fsp3) is 0.417. The van der Waals surface area contributed by atoms with E-state index < -0.39 is 6.04 Å². The smallest absolute Gasteiger partial charge is 0.242 e. The molecule has 0 aromatic heterocycles. The van der Waals surface area contributed by atoms with Crippen molar-refractivity contribution in [1.82, 2.24) is 10.2 Å². The van der Waals surface area contributed by atoms with Crippen molar-refractivity contribution in [1.29, 1.82) is 0 Å². The van der Waals surface area contributed by atoms with Crippen molar-refractivity contribution in [2.75, 3.05) is 5.75 Å². The third-order valence-electron chi connectivity index (χ3n) is 5.59. The molecule has 1 atom stereocenters. The number of nitrogens with one attached hydrogen (secondary N) is 1. The average Bonchev–Trinajstić information content (AvgIpc) is 2.78. The Kier molecular flexibility index (Phi) is 8.79. The fourth-order valence-corrected chi connectivity index (χ4v) is 4.63. The molecule has 1 saturated carbocycles. The number of hydrogen-bond donors (Lipinski definition) is 1. The van der Waals surface area contributed by atoms with Gasteiger partial charge >= 0.3 is 0 Å². The number of amides is 2. The van der Waals surface area contributed by atoms with Gasteiger partial charge in [0.1, 0.15) is 11.9 Å². The lowest BCUT2D eigenvalue weighted by molar-refractivity contribution is -0.139. The van der Waals surface area contributed by atoms with Gasteiger partial charge in [-0.05, 0) is 50.1 Å². The molecule has 3 rings (SSSR count). The molecule has 0 spiro atoms. The van der Waals surface area contributed by atoms with Crippen LogP contribution in [0, 0.1) is 5.82 Å². The first-order chi connectivity index (χ1) is 14.9. The SMILES string of the molecule is C[C@@H](C(=O)NC1CCCCC1)N(Cc1ccccc1F)C(=O)CSc1ccc(Cl)cc1. The average molecular weight is 463 g/mol. The van der Waals surface area contributed by atoms with Crippen LogP contribution in [0.3, 0.4) is 0 Å². The largest absolute Gasteiger partial charge is 0.352 e. The Morgan fingerprint density at radius 2 is 1.81 bits per heavy atom. The molecule has 166 valence electrons. The zero-order chi connectivity index (χ0) is 22.2. The summed E-state index contributed by atoms with van der Waals surface area (Å²) in [7, 11) is 0. The van der Waals surface area contributed by atoms with Crippen LogP contribution in [-0.4, -0.2) is 34.6 Å². The van der Waals surface area contributed by atoms with E-state index in [2.05, 4.69) is 5.32 Å². The van der Waals surface area contributed by atoms with Crippen LogP contribution >= 0.6 is 23.4 Å². The zero-order valence-corrected chi connectivity index (χ0v) is 19.2. The molecule has 2 aromatic rings. The summed E-state index contributed by atoms with van der Waals surface area (Å²) >= 11 is 7.29. The quantitative estimate of drug-likeness (QED) is 0.531. The number of hydrogen-bond acceptors (Lipinski definition) is 3. The molecule has 2 aromatic carbocycles. The maximum absolute atomic E-state index is 14.3. The van der Waals surface area contributed by atoms with E-state index in [1.54, 1.807) is 37.3 Å². The highest BCUT2D eigenvalue weighted by Crippen LogP contribution is 2.23. The van der Waals surface area contributed by atoms with E-state index in [0.29, 0.717) is 10.6 Å². The molecule has 1 N–H and O–H groups in total. The number of carbonyl (C=O) groups excluding carboxylic acids is 2. The molecule has 1 aliphatic carbocycles. The van der Waals surface area contributed by atoms with Crippen LogP contribution in [0.4, 0.5) is 4.39 Å². The van der Waals surface area contributed by atoms with E-state index in [0.717, 1.165) is 30.6 Å². The highest BCUT2D eigenvalue weighted by molar-refractivity contribution is 8.00. The van der Waals surface area contributed by atoms with Crippen LogP contribution in [0.2, 0.25) is 5.02 Å². The third kappa shape index (κ3) is 6.97. The van der Waals surface area contributed by atoms with Crippen molar-refractivity contribution in [3.05, 3.63) is 64.9 Å². The summed E-state index contributed by atoms with van der Waals surface area (Å²) in [5.74, 6) is -0.634. The molecule has 0 unspecified atom stereocenters. The Balaban J connectivity index is 1.71. The van der Waals surface area contributed by atoms with Gasteiger partial charge in [-0.3, -0.25) is 9.59 Å². The van der Waals surface area contributed by atoms with Gasteiger partial charge in [0, 0.05) is 28.1 Å². The van der Waals surface area contributed by atoms with Crippen molar-refractivity contribution in [2.45, 2.75) is 62.6 Å². The second-order valence-electron chi connectivity index (χ2n) is 7.88. The van der Waals surface area contributed by atoms with E-state index in [-0.39, 0.29) is 36.0 Å². The van der Waals surface area contributed by atoms with Crippen LogP contribution in [-0.2, 0) is 16.1 Å². The maximum atomic E-state index is 14.3. The van der Waals surface area contributed by atoms with E-state index in [1.807, 2.05) is 12.1 Å². The predicted octanol–water partition coefficient (Wildman–Crippen LogP) is 5.44. The van der Waals surface area contributed by atoms with E-state index in [1.165, 1.54) is 29.1 Å². The van der Waals surface area contributed by atoms with Gasteiger partial charge in [-0.1, -0.05) is 49.1 Å². The molecule has 1 aliphatic rings. The lowest BCUT2D eigenvalue weighted by Gasteiger charge is -2.31. The van der Waals surface area contributed by atoms with E-state index in [4.69, 9.17) is 11.6 Å². The summed E-state index contributed by atoms with van der Waals surface area (Å²) < 4.78 is 14.3. The summed E-state index contributed by atoms with van der Waals surface area (Å²) in [6, 6.07) is 13.0. The summed E-state index contributed by atoms with van der Waals surface area (Å²) in [5, 5.41) is 3.72. The minimum absolute atomic E-state index is 0.0476. The number of thioether (sulfide) groups is 1. The van der Waals surface area contributed by atoms with Gasteiger partial charge < -0.3 is 10.2 Å². The minimum atomic E-state index is -0.695. The fourth-order valence-electron chi connectivity index (χ4n) is 3.72. The van der Waals surface area contributed by atoms with Gasteiger partial charge in [0.05, 0.1) is 5.75 Å². The monoisotopic (exact) mass is 462 g/mol. The molecular weight excluding hydrogens is 435 g/mol. The molecule has 0 saturated heterocycles. The number of benzene rings is 2. The van der Waals surface area contributed by atoms with E-state index >= 15 is 0 Å². The van der Waals surface area contributed by atoms with Crippen LogP contribution < -0.4 is 5.32 Å². The van der Waals surface area contributed by atoms with Crippen molar-refractivity contribution in [2.24, 2.45) is 0 Å². The van der Waals surface area contributed by atoms with Crippen molar-refractivity contribution >= 4 is 35.2 Å². The number of rotatable bonds is 8. The van der Waals surface area contributed by atoms with Crippen LogP contribution in [0.5, 0.6) is 0 Å². The Bertz CT molecular complexity index is 887. The Morgan fingerprint density at radius 1 is 1.13 bits per heavy atom. The van der Waals surface area contributed by atoms with Crippen LogP contribution in [0.1, 0.15) is 44.6 Å². The van der Waals surface area contributed by atoms with Crippen molar-refractivity contribution in [3.8, 4) is 0 Å². The molecule has 0 heterocycles. The number of nitrogens with zero attached hydrogens (tertiary/aromatic N) is 1. The molecule has 0 radical (unpaired) electrons. The molecule has 0 aliphatic heterocycles. The first-order valence-electron chi connectivity index (χ1n) is 10.7. The maximum Gasteiger partial charge on any atom is 0.242 e. The molecule has 1 fully saturated rings. The highest BCUT2D eigenvalue weighted by atomic mass is 35.5. The second kappa shape index (κ2) is 11.5. The van der Waals surface area contributed by atoms with Crippen LogP contribution in [0.25, 0.3) is 0 Å². The lowest BCUT2D eigenvalue weighted by atomic mass is 9.95. The first kappa shape index (κ1) is 23.6. The molecule has 7 heteroatoms. The number of halogens is 2. The topological polar surface area (TPSA) is 49.4 Å². The summed E-state index contributed by atoms with van der Waals surface area (Å²) in [5.41, 5.74) is 0.393. The van der Waals surface area contributed by atoms with Crippen LogP contribution in [0.15, 0.2) is 53.4 Å². The standard InChI is InChI=1S/C24H28ClFN2O2S/c1-17(24(30)27-20-8-3-2-4-9-20)28(15-18-7-5-6-10-22(18)26)23(29)16-31-21-13-11-19(25)12-14-21/h5-7,10-14,17,20H,2-4,8-9,15-16H2,1H3,(H,27,30)/t17-/m0/s1. The molecule has 2 amide bonds. The number of carbonyl (C=O) groups is 2. The minimum Gasteiger partial charge on any atom is -0.352 e. The van der Waals surface area contributed by atoms with Gasteiger partial charge in [-0.2, -0.15) is 0 Å². The van der Waals surface area contributed by atoms with Crippen molar-refractivity contribution in [3.63, 3.8) is 0 Å². The summed E-state index contributed by atoms with van der Waals surface area (Å²) in [6.07, 6.45) is 5.34. The van der Waals surface area contributed by atoms with Gasteiger partial charge in [-0.25, -0.2) is 4.39 Å². The van der Waals surface area contributed by atoms with Gasteiger partial charge in [0.15, 0.2) is 0 Å². The highest BCUT2D eigenvalue weighted by Gasteiger charge is 2.28. The second-order valence-corrected chi connectivity index (χ2v) is 9.36. The molecule has 0 bridgehead atoms. The summed E-state index contributed by atoms with van der Waals surface area (Å²) in [6.45, 7) is 1.76. The van der Waals surface area contributed by atoms with Gasteiger partial charge in [0.2, 0.25) is 11.8 Å². The Labute approximate surface area is 192 Å². The Hall–Kier alpha value is -2.05. The third-order valence-corrected chi connectivity index (χ3v) is 6.84. The molecule has 4 nitrogen and oxygen atoms in total. The molecular formula is C24H28ClFN2O2S. The van der Waals surface area contributed by atoms with Crippen molar-refractivity contribution < 1.29 is 14.0 Å². The Morgan fingerprint density at radius 3 is 2.48 bits per heavy atom.